The second-order valence-electron chi connectivity index (χ2n) is 6.88. The lowest BCUT2D eigenvalue weighted by Crippen LogP contribution is -2.34. The minimum Gasteiger partial charge on any atom is -0.444 e. The number of hydrogen-bond acceptors (Lipinski definition) is 4. The Morgan fingerprint density at radius 1 is 1.04 bits per heavy atom. The van der Waals surface area contributed by atoms with Gasteiger partial charge in [-0.05, 0) is 45.0 Å². The van der Waals surface area contributed by atoms with Crippen molar-refractivity contribution in [3.05, 3.63) is 53.6 Å². The van der Waals surface area contributed by atoms with Gasteiger partial charge < -0.3 is 20.7 Å². The van der Waals surface area contributed by atoms with Crippen molar-refractivity contribution >= 4 is 40.7 Å². The predicted molar refractivity (Wildman–Crippen MR) is 109 cm³/mol. The number of anilines is 3. The molecule has 2 aromatic rings. The molecule has 0 fully saturated rings. The third-order valence-corrected chi connectivity index (χ3v) is 3.67. The van der Waals surface area contributed by atoms with Gasteiger partial charge in [-0.2, -0.15) is 0 Å². The van der Waals surface area contributed by atoms with E-state index >= 15 is 0 Å². The van der Waals surface area contributed by atoms with E-state index in [-0.39, 0.29) is 18.9 Å². The lowest BCUT2D eigenvalue weighted by Gasteiger charge is -2.19. The van der Waals surface area contributed by atoms with Gasteiger partial charge in [-0.15, -0.1) is 0 Å². The number of benzene rings is 2. The fourth-order valence-corrected chi connectivity index (χ4v) is 2.45. The summed E-state index contributed by atoms with van der Waals surface area (Å²) in [7, 11) is 0. The molecule has 3 N–H and O–H groups in total. The molecule has 0 saturated heterocycles. The molecule has 0 aromatic heterocycles. The van der Waals surface area contributed by atoms with Crippen LogP contribution in [0.3, 0.4) is 0 Å². The zero-order valence-electron chi connectivity index (χ0n) is 15.6. The number of para-hydroxylation sites is 2. The first-order valence-corrected chi connectivity index (χ1v) is 9.00. The number of hydrogen-bond donors (Lipinski definition) is 3. The molecule has 2 amide bonds. The van der Waals surface area contributed by atoms with Crippen molar-refractivity contribution in [2.24, 2.45) is 0 Å². The number of halogens is 1. The molecule has 0 spiro atoms. The summed E-state index contributed by atoms with van der Waals surface area (Å²) in [6, 6.07) is 14.9. The highest BCUT2D eigenvalue weighted by Gasteiger charge is 2.16. The fourth-order valence-electron chi connectivity index (χ4n) is 2.23. The van der Waals surface area contributed by atoms with E-state index < -0.39 is 11.7 Å². The number of ether oxygens (including phenoxy) is 1. The van der Waals surface area contributed by atoms with Gasteiger partial charge in [-0.3, -0.25) is 4.79 Å². The van der Waals surface area contributed by atoms with Crippen molar-refractivity contribution in [1.82, 2.24) is 5.32 Å². The number of alkyl carbamates (subject to hydrolysis) is 1. The molecule has 0 aliphatic rings. The van der Waals surface area contributed by atoms with Gasteiger partial charge in [0.25, 0.3) is 0 Å². The van der Waals surface area contributed by atoms with Crippen LogP contribution in [0.1, 0.15) is 27.2 Å². The summed E-state index contributed by atoms with van der Waals surface area (Å²) in [6.07, 6.45) is -0.464. The van der Waals surface area contributed by atoms with Crippen molar-refractivity contribution in [3.8, 4) is 0 Å². The highest BCUT2D eigenvalue weighted by molar-refractivity contribution is 6.34. The van der Waals surface area contributed by atoms with Crippen LogP contribution in [-0.4, -0.2) is 24.1 Å². The Hall–Kier alpha value is -2.73. The summed E-state index contributed by atoms with van der Waals surface area (Å²) in [6.45, 7) is 5.49. The quantitative estimate of drug-likeness (QED) is 0.654. The molecule has 2 aromatic carbocycles. The van der Waals surface area contributed by atoms with E-state index in [1.807, 2.05) is 36.4 Å². The lowest BCUT2D eigenvalue weighted by molar-refractivity contribution is -0.116. The Morgan fingerprint density at radius 3 is 2.41 bits per heavy atom. The smallest absolute Gasteiger partial charge is 0.407 e. The van der Waals surface area contributed by atoms with E-state index in [0.29, 0.717) is 16.4 Å². The Labute approximate surface area is 164 Å². The van der Waals surface area contributed by atoms with Crippen LogP contribution in [0.5, 0.6) is 0 Å². The summed E-state index contributed by atoms with van der Waals surface area (Å²) in [5.41, 5.74) is 1.47. The molecular weight excluding hydrogens is 366 g/mol. The monoisotopic (exact) mass is 389 g/mol. The van der Waals surface area contributed by atoms with Crippen molar-refractivity contribution in [2.75, 3.05) is 17.2 Å². The van der Waals surface area contributed by atoms with Crippen LogP contribution >= 0.6 is 11.6 Å². The van der Waals surface area contributed by atoms with Crippen molar-refractivity contribution in [3.63, 3.8) is 0 Å². The first-order valence-electron chi connectivity index (χ1n) is 8.62. The van der Waals surface area contributed by atoms with Crippen LogP contribution in [-0.2, 0) is 9.53 Å². The number of carbonyl (C=O) groups excluding carboxylic acids is 2. The van der Waals surface area contributed by atoms with Gasteiger partial charge in [0, 0.05) is 18.7 Å². The number of amides is 2. The van der Waals surface area contributed by atoms with Gasteiger partial charge in [0.1, 0.15) is 5.60 Å². The molecule has 0 aliphatic heterocycles. The SMILES string of the molecule is CC(C)(C)OC(=O)NCCC(=O)Nc1c(Cl)cccc1Nc1ccccc1. The van der Waals surface area contributed by atoms with E-state index in [9.17, 15) is 9.59 Å². The van der Waals surface area contributed by atoms with Gasteiger partial charge in [-0.25, -0.2) is 4.79 Å². The minimum absolute atomic E-state index is 0.0925. The van der Waals surface area contributed by atoms with E-state index in [4.69, 9.17) is 16.3 Å². The molecule has 0 heterocycles. The average molecular weight is 390 g/mol. The highest BCUT2D eigenvalue weighted by Crippen LogP contribution is 2.32. The van der Waals surface area contributed by atoms with Crippen LogP contribution in [0.15, 0.2) is 48.5 Å². The maximum atomic E-state index is 12.2. The summed E-state index contributed by atoms with van der Waals surface area (Å²) in [5, 5.41) is 9.00. The second kappa shape index (κ2) is 9.28. The normalized spacial score (nSPS) is 10.8. The van der Waals surface area contributed by atoms with Gasteiger partial charge in [-0.1, -0.05) is 35.9 Å². The Balaban J connectivity index is 1.94. The van der Waals surface area contributed by atoms with E-state index in [0.717, 1.165) is 5.69 Å². The van der Waals surface area contributed by atoms with Gasteiger partial charge in [0.2, 0.25) is 5.91 Å². The number of carbonyl (C=O) groups is 2. The van der Waals surface area contributed by atoms with E-state index in [2.05, 4.69) is 16.0 Å². The van der Waals surface area contributed by atoms with E-state index in [1.165, 1.54) is 0 Å². The maximum Gasteiger partial charge on any atom is 0.407 e. The third-order valence-electron chi connectivity index (χ3n) is 3.35. The molecule has 0 saturated carbocycles. The van der Waals surface area contributed by atoms with E-state index in [1.54, 1.807) is 32.9 Å². The average Bonchev–Trinajstić information content (AvgIpc) is 2.57. The summed E-state index contributed by atoms with van der Waals surface area (Å²) in [5.74, 6) is -0.268. The highest BCUT2D eigenvalue weighted by atomic mass is 35.5. The van der Waals surface area contributed by atoms with Crippen molar-refractivity contribution < 1.29 is 14.3 Å². The molecule has 7 heteroatoms. The molecule has 27 heavy (non-hydrogen) atoms. The molecule has 0 bridgehead atoms. The summed E-state index contributed by atoms with van der Waals surface area (Å²) < 4.78 is 5.13. The molecule has 6 nitrogen and oxygen atoms in total. The first-order chi connectivity index (χ1) is 12.7. The third kappa shape index (κ3) is 7.19. The van der Waals surface area contributed by atoms with Crippen molar-refractivity contribution in [2.45, 2.75) is 32.8 Å². The standard InChI is InChI=1S/C20H24ClN3O3/c1-20(2,3)27-19(26)22-13-12-17(25)24-18-15(21)10-7-11-16(18)23-14-8-5-4-6-9-14/h4-11,23H,12-13H2,1-3H3,(H,22,26)(H,24,25). The zero-order chi connectivity index (χ0) is 19.9. The fraction of sp³-hybridized carbons (Fsp3) is 0.300. The molecule has 0 unspecified atom stereocenters. The summed E-state index contributed by atoms with van der Waals surface area (Å²) in [4.78, 5) is 23.9. The van der Waals surface area contributed by atoms with Gasteiger partial charge in [0.05, 0.1) is 16.4 Å². The molecule has 0 aliphatic carbocycles. The minimum atomic E-state index is -0.581. The largest absolute Gasteiger partial charge is 0.444 e. The van der Waals surface area contributed by atoms with Crippen LogP contribution in [0.4, 0.5) is 21.9 Å². The lowest BCUT2D eigenvalue weighted by atomic mass is 10.2. The van der Waals surface area contributed by atoms with Crippen LogP contribution in [0, 0.1) is 0 Å². The Kier molecular flexibility index (Phi) is 7.07. The van der Waals surface area contributed by atoms with Crippen LogP contribution < -0.4 is 16.0 Å². The van der Waals surface area contributed by atoms with Crippen LogP contribution in [0.2, 0.25) is 5.02 Å². The second-order valence-corrected chi connectivity index (χ2v) is 7.29. The molecule has 0 radical (unpaired) electrons. The predicted octanol–water partition coefficient (Wildman–Crippen LogP) is 4.94. The summed E-state index contributed by atoms with van der Waals surface area (Å²) >= 11 is 6.25. The van der Waals surface area contributed by atoms with Gasteiger partial charge in [0.15, 0.2) is 0 Å². The zero-order valence-corrected chi connectivity index (χ0v) is 16.4. The van der Waals surface area contributed by atoms with Crippen LogP contribution in [0.25, 0.3) is 0 Å². The molecule has 144 valence electrons. The molecule has 0 atom stereocenters. The Bertz CT molecular complexity index is 789. The molecule has 2 rings (SSSR count). The topological polar surface area (TPSA) is 79.5 Å². The van der Waals surface area contributed by atoms with Crippen molar-refractivity contribution in [1.29, 1.82) is 0 Å². The number of rotatable bonds is 6. The Morgan fingerprint density at radius 2 is 1.74 bits per heavy atom. The first kappa shape index (κ1) is 20.6. The molecular formula is C20H24ClN3O3. The maximum absolute atomic E-state index is 12.2. The number of nitrogens with one attached hydrogen (secondary N) is 3. The van der Waals surface area contributed by atoms with Gasteiger partial charge >= 0.3 is 6.09 Å².